The molecular weight excluding hydrogens is 208 g/mol. The van der Waals surface area contributed by atoms with E-state index in [1.54, 1.807) is 24.3 Å². The highest BCUT2D eigenvalue weighted by molar-refractivity contribution is 6.17. The Morgan fingerprint density at radius 2 is 1.94 bits per heavy atom. The largest absolute Gasteiger partial charge is 0.503 e. The zero-order valence-electron chi connectivity index (χ0n) is 9.10. The molecule has 0 bridgehead atoms. The maximum Gasteiger partial charge on any atom is 0.341 e. The molecular formula is C12H12O4. The first-order valence-corrected chi connectivity index (χ1v) is 4.60. The van der Waals surface area contributed by atoms with Crippen molar-refractivity contribution in [2.75, 3.05) is 14.2 Å². The van der Waals surface area contributed by atoms with Gasteiger partial charge in [0.25, 0.3) is 0 Å². The van der Waals surface area contributed by atoms with Gasteiger partial charge in [0.2, 0.25) is 0 Å². The lowest BCUT2D eigenvalue weighted by molar-refractivity contribution is -0.133. The van der Waals surface area contributed by atoms with Gasteiger partial charge >= 0.3 is 5.97 Å². The number of benzene rings is 1. The van der Waals surface area contributed by atoms with E-state index in [9.17, 15) is 9.59 Å². The van der Waals surface area contributed by atoms with Gasteiger partial charge in [0.1, 0.15) is 5.57 Å². The summed E-state index contributed by atoms with van der Waals surface area (Å²) in [6.07, 6.45) is 1.94. The smallest absolute Gasteiger partial charge is 0.341 e. The van der Waals surface area contributed by atoms with E-state index in [4.69, 9.17) is 4.74 Å². The summed E-state index contributed by atoms with van der Waals surface area (Å²) < 4.78 is 9.42. The molecule has 0 fully saturated rings. The average molecular weight is 220 g/mol. The molecule has 0 saturated carbocycles. The molecule has 0 aliphatic heterocycles. The van der Waals surface area contributed by atoms with Crippen molar-refractivity contribution >= 4 is 17.8 Å². The summed E-state index contributed by atoms with van der Waals surface area (Å²) in [7, 11) is 2.70. The fourth-order valence-corrected chi connectivity index (χ4v) is 1.29. The second kappa shape index (κ2) is 5.70. The highest BCUT2D eigenvalue weighted by Crippen LogP contribution is 2.19. The van der Waals surface area contributed by atoms with Gasteiger partial charge in [-0.05, 0) is 0 Å². The third kappa shape index (κ3) is 2.48. The molecule has 0 spiro atoms. The van der Waals surface area contributed by atoms with E-state index in [1.165, 1.54) is 20.5 Å². The van der Waals surface area contributed by atoms with E-state index < -0.39 is 5.97 Å². The number of hydrogen-bond acceptors (Lipinski definition) is 4. The van der Waals surface area contributed by atoms with Crippen LogP contribution in [0.4, 0.5) is 0 Å². The Kier molecular flexibility index (Phi) is 4.27. The normalized spacial score (nSPS) is 10.8. The predicted octanol–water partition coefficient (Wildman–Crippen LogP) is 1.66. The summed E-state index contributed by atoms with van der Waals surface area (Å²) in [5, 5.41) is 0. The standard InChI is InChI=1S/C12H12O4/c1-15-8-11(12(14)16-2)10-6-4-3-5-9(10)7-13/h3-8H,1-2H3/b11-8-. The highest BCUT2D eigenvalue weighted by Gasteiger charge is 2.15. The zero-order valence-corrected chi connectivity index (χ0v) is 9.10. The molecule has 0 aromatic heterocycles. The van der Waals surface area contributed by atoms with Crippen LogP contribution >= 0.6 is 0 Å². The molecule has 16 heavy (non-hydrogen) atoms. The summed E-state index contributed by atoms with van der Waals surface area (Å²) in [5.74, 6) is -0.545. The molecule has 4 nitrogen and oxygen atoms in total. The SMILES string of the molecule is CO/C=C(\C(=O)OC)c1ccccc1C=O. The minimum atomic E-state index is -0.545. The monoisotopic (exact) mass is 220 g/mol. The van der Waals surface area contributed by atoms with Crippen molar-refractivity contribution < 1.29 is 19.1 Å². The molecule has 0 atom stereocenters. The minimum Gasteiger partial charge on any atom is -0.503 e. The maximum absolute atomic E-state index is 11.5. The van der Waals surface area contributed by atoms with Crippen molar-refractivity contribution in [3.8, 4) is 0 Å². The minimum absolute atomic E-state index is 0.215. The molecule has 0 heterocycles. The van der Waals surface area contributed by atoms with Gasteiger partial charge in [-0.3, -0.25) is 4.79 Å². The third-order valence-corrected chi connectivity index (χ3v) is 2.02. The van der Waals surface area contributed by atoms with E-state index in [-0.39, 0.29) is 5.57 Å². The molecule has 0 aliphatic rings. The number of aldehydes is 1. The molecule has 0 unspecified atom stereocenters. The van der Waals surface area contributed by atoms with Gasteiger partial charge in [-0.1, -0.05) is 24.3 Å². The van der Waals surface area contributed by atoms with E-state index >= 15 is 0 Å². The third-order valence-electron chi connectivity index (χ3n) is 2.02. The topological polar surface area (TPSA) is 52.6 Å². The molecule has 1 aromatic rings. The van der Waals surface area contributed by atoms with Crippen molar-refractivity contribution in [3.63, 3.8) is 0 Å². The number of carbonyl (C=O) groups excluding carboxylic acids is 2. The Hall–Kier alpha value is -2.10. The Morgan fingerprint density at radius 1 is 1.25 bits per heavy atom. The summed E-state index contributed by atoms with van der Waals surface area (Å²) in [6.45, 7) is 0. The second-order valence-electron chi connectivity index (χ2n) is 2.96. The molecule has 0 N–H and O–H groups in total. The van der Waals surface area contributed by atoms with Crippen LogP contribution in [0.15, 0.2) is 30.5 Å². The van der Waals surface area contributed by atoms with Crippen molar-refractivity contribution in [3.05, 3.63) is 41.7 Å². The molecule has 0 radical (unpaired) electrons. The van der Waals surface area contributed by atoms with Crippen molar-refractivity contribution in [2.45, 2.75) is 0 Å². The fourth-order valence-electron chi connectivity index (χ4n) is 1.29. The van der Waals surface area contributed by atoms with Gasteiger partial charge < -0.3 is 9.47 Å². The molecule has 84 valence electrons. The van der Waals surface area contributed by atoms with Crippen LogP contribution in [0.3, 0.4) is 0 Å². The number of esters is 1. The first kappa shape index (κ1) is 12.0. The maximum atomic E-state index is 11.5. The molecule has 1 rings (SSSR count). The lowest BCUT2D eigenvalue weighted by atomic mass is 10.0. The number of carbonyl (C=O) groups is 2. The Bertz CT molecular complexity index is 421. The Morgan fingerprint density at radius 3 is 2.50 bits per heavy atom. The zero-order chi connectivity index (χ0) is 12.0. The molecule has 1 aromatic carbocycles. The quantitative estimate of drug-likeness (QED) is 0.335. The van der Waals surface area contributed by atoms with E-state index in [2.05, 4.69) is 4.74 Å². The highest BCUT2D eigenvalue weighted by atomic mass is 16.5. The number of methoxy groups -OCH3 is 2. The van der Waals surface area contributed by atoms with Crippen molar-refractivity contribution in [1.29, 1.82) is 0 Å². The summed E-state index contributed by atoms with van der Waals surface area (Å²) in [4.78, 5) is 22.3. The number of ether oxygens (including phenoxy) is 2. The summed E-state index contributed by atoms with van der Waals surface area (Å²) in [5.41, 5.74) is 1.12. The lowest BCUT2D eigenvalue weighted by Gasteiger charge is -2.07. The van der Waals surface area contributed by atoms with Gasteiger partial charge in [0.05, 0.1) is 20.5 Å². The first-order chi connectivity index (χ1) is 7.74. The van der Waals surface area contributed by atoms with E-state index in [0.29, 0.717) is 17.4 Å². The predicted molar refractivity (Wildman–Crippen MR) is 58.8 cm³/mol. The van der Waals surface area contributed by atoms with Crippen LogP contribution in [0, 0.1) is 0 Å². The molecule has 4 heteroatoms. The van der Waals surface area contributed by atoms with Crippen LogP contribution in [0.25, 0.3) is 5.57 Å². The van der Waals surface area contributed by atoms with Crippen molar-refractivity contribution in [1.82, 2.24) is 0 Å². The fraction of sp³-hybridized carbons (Fsp3) is 0.167. The summed E-state index contributed by atoms with van der Waals surface area (Å²) in [6, 6.07) is 6.73. The Balaban J connectivity index is 3.26. The van der Waals surface area contributed by atoms with Crippen LogP contribution in [-0.4, -0.2) is 26.5 Å². The van der Waals surface area contributed by atoms with E-state index in [1.807, 2.05) is 0 Å². The van der Waals surface area contributed by atoms with Crippen molar-refractivity contribution in [2.24, 2.45) is 0 Å². The summed E-state index contributed by atoms with van der Waals surface area (Å²) >= 11 is 0. The van der Waals surface area contributed by atoms with Gasteiger partial charge in [0.15, 0.2) is 6.29 Å². The molecule has 0 aliphatic carbocycles. The van der Waals surface area contributed by atoms with Crippen LogP contribution < -0.4 is 0 Å². The van der Waals surface area contributed by atoms with Gasteiger partial charge in [0, 0.05) is 11.1 Å². The molecule has 0 amide bonds. The van der Waals surface area contributed by atoms with Crippen LogP contribution in [-0.2, 0) is 14.3 Å². The second-order valence-corrected chi connectivity index (χ2v) is 2.96. The van der Waals surface area contributed by atoms with Gasteiger partial charge in [-0.2, -0.15) is 0 Å². The van der Waals surface area contributed by atoms with Gasteiger partial charge in [-0.25, -0.2) is 4.79 Å². The lowest BCUT2D eigenvalue weighted by Crippen LogP contribution is -2.06. The van der Waals surface area contributed by atoms with Gasteiger partial charge in [-0.15, -0.1) is 0 Å². The number of rotatable bonds is 4. The Labute approximate surface area is 93.5 Å². The van der Waals surface area contributed by atoms with E-state index in [0.717, 1.165) is 0 Å². The first-order valence-electron chi connectivity index (χ1n) is 4.60. The molecule has 0 saturated heterocycles. The van der Waals surface area contributed by atoms with Crippen LogP contribution in [0.1, 0.15) is 15.9 Å². The van der Waals surface area contributed by atoms with Crippen LogP contribution in [0.2, 0.25) is 0 Å². The van der Waals surface area contributed by atoms with Crippen LogP contribution in [0.5, 0.6) is 0 Å². The number of hydrogen-bond donors (Lipinski definition) is 0. The average Bonchev–Trinajstić information content (AvgIpc) is 2.35.